The molecule has 1 aromatic heterocycles. The number of hydrogen-bond donors (Lipinski definition) is 1. The third kappa shape index (κ3) is 5.44. The Hall–Kier alpha value is -3.28. The number of rotatable bonds is 6. The van der Waals surface area contributed by atoms with Crippen molar-refractivity contribution in [3.05, 3.63) is 107 Å². The molecule has 0 saturated carbocycles. The predicted molar refractivity (Wildman–Crippen MR) is 144 cm³/mol. The Morgan fingerprint density at radius 3 is 2.15 bits per heavy atom. The molecule has 0 fully saturated rings. The topological polar surface area (TPSA) is 36.4 Å². The van der Waals surface area contributed by atoms with Gasteiger partial charge in [-0.2, -0.15) is 0 Å². The summed E-state index contributed by atoms with van der Waals surface area (Å²) in [4.78, 5) is 22.2. The van der Waals surface area contributed by atoms with E-state index in [1.165, 1.54) is 0 Å². The second-order valence-corrected chi connectivity index (χ2v) is 9.34. The molecular formula is C28H26ClN3OS. The van der Waals surface area contributed by atoms with Crippen LogP contribution in [0.2, 0.25) is 5.02 Å². The van der Waals surface area contributed by atoms with Gasteiger partial charge in [-0.1, -0.05) is 48.0 Å². The third-order valence-electron chi connectivity index (χ3n) is 5.69. The normalized spacial score (nSPS) is 10.7. The average molecular weight is 488 g/mol. The summed E-state index contributed by atoms with van der Waals surface area (Å²) in [5.41, 5.74) is 6.56. The van der Waals surface area contributed by atoms with Crippen molar-refractivity contribution in [2.24, 2.45) is 0 Å². The fourth-order valence-corrected chi connectivity index (χ4v) is 4.37. The number of anilines is 2. The van der Waals surface area contributed by atoms with Gasteiger partial charge >= 0.3 is 0 Å². The van der Waals surface area contributed by atoms with Gasteiger partial charge in [-0.05, 0) is 65.6 Å². The zero-order valence-electron chi connectivity index (χ0n) is 19.4. The van der Waals surface area contributed by atoms with E-state index in [0.29, 0.717) is 27.7 Å². The van der Waals surface area contributed by atoms with Crippen LogP contribution in [0.1, 0.15) is 21.5 Å². The zero-order chi connectivity index (χ0) is 24.2. The lowest BCUT2D eigenvalue weighted by Crippen LogP contribution is -2.31. The molecule has 0 saturated heterocycles. The molecule has 1 heterocycles. The number of aryl methyl sites for hydroxylation is 1. The van der Waals surface area contributed by atoms with Gasteiger partial charge in [0.15, 0.2) is 0 Å². The second kappa shape index (κ2) is 10.3. The lowest BCUT2D eigenvalue weighted by Gasteiger charge is -2.24. The zero-order valence-corrected chi connectivity index (χ0v) is 21.0. The maximum atomic E-state index is 13.6. The van der Waals surface area contributed by atoms with Gasteiger partial charge in [0.25, 0.3) is 5.91 Å². The summed E-state index contributed by atoms with van der Waals surface area (Å²) in [6.07, 6.45) is 3.33. The van der Waals surface area contributed by atoms with Crippen molar-refractivity contribution in [2.45, 2.75) is 18.4 Å². The van der Waals surface area contributed by atoms with Gasteiger partial charge in [0, 0.05) is 53.3 Å². The molecule has 3 aromatic carbocycles. The van der Waals surface area contributed by atoms with Gasteiger partial charge in [0.05, 0.1) is 6.54 Å². The van der Waals surface area contributed by atoms with Crippen LogP contribution in [0.25, 0.3) is 11.1 Å². The van der Waals surface area contributed by atoms with Crippen molar-refractivity contribution < 1.29 is 4.79 Å². The van der Waals surface area contributed by atoms with E-state index in [9.17, 15) is 4.79 Å². The summed E-state index contributed by atoms with van der Waals surface area (Å²) < 4.78 is 0. The van der Waals surface area contributed by atoms with Gasteiger partial charge in [-0.25, -0.2) is 0 Å². The fraction of sp³-hybridized carbons (Fsp3) is 0.143. The summed E-state index contributed by atoms with van der Waals surface area (Å²) in [5, 5.41) is 0.531. The maximum Gasteiger partial charge on any atom is 0.258 e. The Labute approximate surface area is 211 Å². The highest BCUT2D eigenvalue weighted by Crippen LogP contribution is 2.29. The summed E-state index contributed by atoms with van der Waals surface area (Å²) in [6.45, 7) is 2.28. The molecule has 0 N–H and O–H groups in total. The number of amides is 1. The first-order valence-corrected chi connectivity index (χ1v) is 11.7. The van der Waals surface area contributed by atoms with E-state index in [1.54, 1.807) is 35.5 Å². The Balaban J connectivity index is 1.65. The van der Waals surface area contributed by atoms with Crippen molar-refractivity contribution in [1.29, 1.82) is 0 Å². The van der Waals surface area contributed by atoms with Crippen LogP contribution in [0.15, 0.2) is 90.1 Å². The minimum atomic E-state index is -0.113. The van der Waals surface area contributed by atoms with Crippen LogP contribution in [0.5, 0.6) is 0 Å². The first-order valence-electron chi connectivity index (χ1n) is 10.9. The molecule has 0 bridgehead atoms. The molecule has 0 atom stereocenters. The van der Waals surface area contributed by atoms with Gasteiger partial charge < -0.3 is 9.80 Å². The fourth-order valence-electron chi connectivity index (χ4n) is 3.79. The summed E-state index contributed by atoms with van der Waals surface area (Å²) in [5.74, 6) is -0.113. The number of aromatic nitrogens is 1. The largest absolute Gasteiger partial charge is 0.378 e. The van der Waals surface area contributed by atoms with Gasteiger partial charge in [0.2, 0.25) is 0 Å². The van der Waals surface area contributed by atoms with Crippen LogP contribution in [0, 0.1) is 6.92 Å². The molecule has 0 spiro atoms. The lowest BCUT2D eigenvalue weighted by atomic mass is 10.0. The molecule has 0 aliphatic carbocycles. The third-order valence-corrected chi connectivity index (χ3v) is 6.16. The molecule has 0 aliphatic rings. The minimum absolute atomic E-state index is 0.113. The van der Waals surface area contributed by atoms with E-state index in [-0.39, 0.29) is 5.91 Å². The van der Waals surface area contributed by atoms with Crippen LogP contribution in [0.3, 0.4) is 0 Å². The highest BCUT2D eigenvalue weighted by atomic mass is 35.5. The molecular weight excluding hydrogens is 462 g/mol. The van der Waals surface area contributed by atoms with Crippen molar-refractivity contribution >= 4 is 41.5 Å². The number of halogens is 1. The van der Waals surface area contributed by atoms with Crippen molar-refractivity contribution in [2.75, 3.05) is 23.9 Å². The number of carbonyl (C=O) groups is 1. The molecule has 34 heavy (non-hydrogen) atoms. The van der Waals surface area contributed by atoms with E-state index in [0.717, 1.165) is 27.9 Å². The smallest absolute Gasteiger partial charge is 0.258 e. The van der Waals surface area contributed by atoms with Crippen molar-refractivity contribution in [1.82, 2.24) is 4.98 Å². The SMILES string of the molecule is Cc1cnccc1C(=O)N(Cc1ccc(-c2ccc(N(C)C)cc2)cc1)c1cc(S)cc(Cl)c1. The second-order valence-electron chi connectivity index (χ2n) is 8.39. The number of pyridine rings is 1. The number of benzene rings is 3. The molecule has 4 nitrogen and oxygen atoms in total. The van der Waals surface area contributed by atoms with Gasteiger partial charge in [0.1, 0.15) is 0 Å². The number of nitrogens with zero attached hydrogens (tertiary/aromatic N) is 3. The van der Waals surface area contributed by atoms with Crippen LogP contribution in [-0.4, -0.2) is 25.0 Å². The van der Waals surface area contributed by atoms with E-state index in [4.69, 9.17) is 11.6 Å². The molecule has 6 heteroatoms. The van der Waals surface area contributed by atoms with Crippen molar-refractivity contribution in [3.63, 3.8) is 0 Å². The number of thiol groups is 1. The molecule has 172 valence electrons. The van der Waals surface area contributed by atoms with Gasteiger partial charge in [-0.3, -0.25) is 9.78 Å². The summed E-state index contributed by atoms with van der Waals surface area (Å²) >= 11 is 10.8. The first-order chi connectivity index (χ1) is 16.3. The van der Waals surface area contributed by atoms with Crippen LogP contribution in [0.4, 0.5) is 11.4 Å². The summed E-state index contributed by atoms with van der Waals surface area (Å²) in [7, 11) is 4.06. The minimum Gasteiger partial charge on any atom is -0.378 e. The standard InChI is InChI=1S/C28H26ClN3OS/c1-19-17-30-13-12-27(19)28(33)32(25-14-23(29)15-26(34)16-25)18-20-4-6-21(7-5-20)22-8-10-24(11-9-22)31(2)3/h4-17,34H,18H2,1-3H3. The average Bonchev–Trinajstić information content (AvgIpc) is 2.82. The Kier molecular flexibility index (Phi) is 7.25. The van der Waals surface area contributed by atoms with E-state index in [1.807, 2.05) is 27.1 Å². The van der Waals surface area contributed by atoms with Crippen LogP contribution < -0.4 is 9.80 Å². The highest BCUT2D eigenvalue weighted by molar-refractivity contribution is 7.80. The van der Waals surface area contributed by atoms with E-state index in [2.05, 4.69) is 71.0 Å². The first kappa shape index (κ1) is 23.9. The molecule has 4 aromatic rings. The Morgan fingerprint density at radius 2 is 1.56 bits per heavy atom. The number of hydrogen-bond acceptors (Lipinski definition) is 4. The predicted octanol–water partition coefficient (Wildman–Crippen LogP) is 6.91. The monoisotopic (exact) mass is 487 g/mol. The Morgan fingerprint density at radius 1 is 0.912 bits per heavy atom. The molecule has 0 aliphatic heterocycles. The quantitative estimate of drug-likeness (QED) is 0.300. The summed E-state index contributed by atoms with van der Waals surface area (Å²) in [6, 6.07) is 23.9. The van der Waals surface area contributed by atoms with Crippen molar-refractivity contribution in [3.8, 4) is 11.1 Å². The van der Waals surface area contributed by atoms with Gasteiger partial charge in [-0.15, -0.1) is 12.6 Å². The lowest BCUT2D eigenvalue weighted by molar-refractivity contribution is 0.0984. The van der Waals surface area contributed by atoms with E-state index >= 15 is 0 Å². The molecule has 0 unspecified atom stereocenters. The van der Waals surface area contributed by atoms with Crippen LogP contribution in [-0.2, 0) is 6.54 Å². The number of carbonyl (C=O) groups excluding carboxylic acids is 1. The molecule has 4 rings (SSSR count). The highest BCUT2D eigenvalue weighted by Gasteiger charge is 2.21. The maximum absolute atomic E-state index is 13.6. The van der Waals surface area contributed by atoms with Crippen LogP contribution >= 0.6 is 24.2 Å². The molecule has 1 amide bonds. The van der Waals surface area contributed by atoms with E-state index < -0.39 is 0 Å². The Bertz CT molecular complexity index is 1280. The molecule has 0 radical (unpaired) electrons.